The number of hydrogen-bond donors (Lipinski definition) is 1. The lowest BCUT2D eigenvalue weighted by molar-refractivity contribution is -0.777. The lowest BCUT2D eigenvalue weighted by atomic mass is 10.5. The second-order valence-electron chi connectivity index (χ2n) is 1.10. The predicted molar refractivity (Wildman–Crippen MR) is 28.3 cm³/mol. The molecule has 0 aliphatic rings. The lowest BCUT2D eigenvalue weighted by Crippen LogP contribution is -2.03. The predicted octanol–water partition coefficient (Wildman–Crippen LogP) is -0.793. The Bertz CT molecular complexity index is 39.5. The van der Waals surface area contributed by atoms with Crippen LogP contribution in [0.5, 0.6) is 0 Å². The van der Waals surface area contributed by atoms with Gasteiger partial charge in [-0.05, 0) is 13.0 Å². The summed E-state index contributed by atoms with van der Waals surface area (Å²) in [5.74, 6) is 0.693. The molecule has 0 saturated carbocycles. The van der Waals surface area contributed by atoms with Crippen LogP contribution in [0.4, 0.5) is 0 Å². The molecule has 0 aliphatic carbocycles. The Morgan fingerprint density at radius 2 is 2.38 bits per heavy atom. The molecular weight excluding hydrogens is 130 g/mol. The molecule has 0 unspecified atom stereocenters. The van der Waals surface area contributed by atoms with Crippen molar-refractivity contribution in [1.82, 2.24) is 0 Å². The summed E-state index contributed by atoms with van der Waals surface area (Å²) in [6, 6.07) is 0. The fraction of sp³-hybridized carbons (Fsp3) is 1.00. The molecule has 50 valence electrons. The molecule has 0 amide bonds. The van der Waals surface area contributed by atoms with E-state index in [-0.39, 0.29) is 0 Å². The molecule has 0 spiro atoms. The fourth-order valence-corrected chi connectivity index (χ4v) is 0.588. The van der Waals surface area contributed by atoms with E-state index in [1.807, 2.05) is 0 Å². The molecule has 0 aromatic carbocycles. The van der Waals surface area contributed by atoms with Crippen LogP contribution in [0.25, 0.3) is 0 Å². The minimum absolute atomic E-state index is 0.606. The van der Waals surface area contributed by atoms with Gasteiger partial charge in [-0.1, -0.05) is 0 Å². The molecule has 0 heterocycles. The van der Waals surface area contributed by atoms with Crippen molar-refractivity contribution in [3.8, 4) is 0 Å². The first-order chi connectivity index (χ1) is 3.91. The van der Waals surface area contributed by atoms with E-state index in [1.54, 1.807) is 0 Å². The summed E-state index contributed by atoms with van der Waals surface area (Å²) in [5.41, 5.74) is 5.12. The van der Waals surface area contributed by atoms with Crippen molar-refractivity contribution < 1.29 is 14.6 Å². The molecular formula is C3H8NO3S-. The minimum Gasteiger partial charge on any atom is -0.691 e. The van der Waals surface area contributed by atoms with Gasteiger partial charge in [0.15, 0.2) is 0 Å². The first kappa shape index (κ1) is 8.19. The Morgan fingerprint density at radius 1 is 1.62 bits per heavy atom. The maximum Gasteiger partial charge on any atom is 0.0306 e. The number of hydrogen-bond acceptors (Lipinski definition) is 5. The highest BCUT2D eigenvalue weighted by molar-refractivity contribution is 7.94. The van der Waals surface area contributed by atoms with Gasteiger partial charge >= 0.3 is 0 Å². The van der Waals surface area contributed by atoms with Crippen LogP contribution < -0.4 is 11.0 Å². The van der Waals surface area contributed by atoms with Gasteiger partial charge in [0, 0.05) is 17.8 Å². The summed E-state index contributed by atoms with van der Waals surface area (Å²) < 4.78 is 3.94. The summed E-state index contributed by atoms with van der Waals surface area (Å²) in [6.07, 6.45) is 0.827. The molecule has 0 aliphatic heterocycles. The topological polar surface area (TPSA) is 67.5 Å². The Labute approximate surface area is 52.0 Å². The molecule has 0 radical (unpaired) electrons. The van der Waals surface area contributed by atoms with Gasteiger partial charge in [0.2, 0.25) is 0 Å². The highest BCUT2D eigenvalue weighted by atomic mass is 32.2. The van der Waals surface area contributed by atoms with Crippen molar-refractivity contribution in [1.29, 1.82) is 0 Å². The second kappa shape index (κ2) is 7.19. The van der Waals surface area contributed by atoms with E-state index in [0.29, 0.717) is 12.3 Å². The van der Waals surface area contributed by atoms with Crippen LogP contribution in [0.15, 0.2) is 0 Å². The number of rotatable bonds is 5. The Kier molecular flexibility index (Phi) is 7.36. The van der Waals surface area contributed by atoms with Crippen molar-refractivity contribution >= 4 is 12.0 Å². The molecule has 0 atom stereocenters. The van der Waals surface area contributed by atoms with Gasteiger partial charge in [-0.3, -0.25) is 5.04 Å². The molecule has 0 fully saturated rings. The first-order valence-electron chi connectivity index (χ1n) is 2.20. The zero-order chi connectivity index (χ0) is 6.24. The van der Waals surface area contributed by atoms with Crippen molar-refractivity contribution in [2.45, 2.75) is 6.42 Å². The fourth-order valence-electron chi connectivity index (χ4n) is 0.196. The van der Waals surface area contributed by atoms with Crippen molar-refractivity contribution in [3.05, 3.63) is 0 Å². The largest absolute Gasteiger partial charge is 0.691 e. The van der Waals surface area contributed by atoms with Crippen LogP contribution in [-0.2, 0) is 9.37 Å². The van der Waals surface area contributed by atoms with Crippen LogP contribution in [0.1, 0.15) is 6.42 Å². The van der Waals surface area contributed by atoms with Crippen LogP contribution in [0, 0.1) is 0 Å². The SMILES string of the molecule is NCCCSOO[O-]. The van der Waals surface area contributed by atoms with Gasteiger partial charge in [-0.25, -0.2) is 0 Å². The smallest absolute Gasteiger partial charge is 0.0306 e. The summed E-state index contributed by atoms with van der Waals surface area (Å²) in [6.45, 7) is 0.606. The van der Waals surface area contributed by atoms with E-state index in [9.17, 15) is 0 Å². The molecule has 0 aromatic heterocycles. The Morgan fingerprint density at radius 3 is 2.88 bits per heavy atom. The van der Waals surface area contributed by atoms with E-state index in [2.05, 4.69) is 9.37 Å². The third-order valence-electron chi connectivity index (χ3n) is 0.508. The lowest BCUT2D eigenvalue weighted by Gasteiger charge is -2.01. The summed E-state index contributed by atoms with van der Waals surface area (Å²) >= 11 is 0.963. The first-order valence-corrected chi connectivity index (χ1v) is 3.11. The molecule has 4 nitrogen and oxygen atoms in total. The maximum atomic E-state index is 9.12. The Balaban J connectivity index is 2.53. The van der Waals surface area contributed by atoms with Crippen molar-refractivity contribution in [2.75, 3.05) is 12.3 Å². The molecule has 0 saturated heterocycles. The zero-order valence-electron chi connectivity index (χ0n) is 4.33. The normalized spacial score (nSPS) is 9.75. The average molecular weight is 138 g/mol. The average Bonchev–Trinajstić information content (AvgIpc) is 1.81. The summed E-state index contributed by atoms with van der Waals surface area (Å²) in [5, 5.41) is 12.2. The summed E-state index contributed by atoms with van der Waals surface area (Å²) in [4.78, 5) is 0. The van der Waals surface area contributed by atoms with E-state index in [1.165, 1.54) is 0 Å². The van der Waals surface area contributed by atoms with Crippen molar-refractivity contribution in [2.24, 2.45) is 5.73 Å². The minimum atomic E-state index is 0.606. The van der Waals surface area contributed by atoms with E-state index < -0.39 is 0 Å². The molecule has 0 aromatic rings. The quantitative estimate of drug-likeness (QED) is 0.233. The third kappa shape index (κ3) is 6.19. The third-order valence-corrected chi connectivity index (χ3v) is 1.11. The van der Waals surface area contributed by atoms with Crippen LogP contribution in [-0.4, -0.2) is 12.3 Å². The van der Waals surface area contributed by atoms with Gasteiger partial charge in [0.05, 0.1) is 0 Å². The summed E-state index contributed by atoms with van der Waals surface area (Å²) in [7, 11) is 0. The van der Waals surface area contributed by atoms with Gasteiger partial charge < -0.3 is 11.0 Å². The van der Waals surface area contributed by atoms with Gasteiger partial charge in [-0.15, -0.1) is 0 Å². The maximum absolute atomic E-state index is 9.12. The monoisotopic (exact) mass is 138 g/mol. The molecule has 5 heteroatoms. The van der Waals surface area contributed by atoms with E-state index >= 15 is 0 Å². The Hall–Kier alpha value is 0.190. The highest BCUT2D eigenvalue weighted by Crippen LogP contribution is 2.01. The van der Waals surface area contributed by atoms with Gasteiger partial charge in [-0.2, -0.15) is 4.33 Å². The molecule has 8 heavy (non-hydrogen) atoms. The molecule has 2 N–H and O–H groups in total. The zero-order valence-corrected chi connectivity index (χ0v) is 5.15. The standard InChI is InChI=1S/C3H9NO3S/c4-2-1-3-8-7-6-5/h5H,1-4H2/p-1. The van der Waals surface area contributed by atoms with Crippen LogP contribution >= 0.6 is 12.0 Å². The molecule has 0 rings (SSSR count). The van der Waals surface area contributed by atoms with Gasteiger partial charge in [0.25, 0.3) is 0 Å². The molecule has 0 bridgehead atoms. The van der Waals surface area contributed by atoms with Crippen molar-refractivity contribution in [3.63, 3.8) is 0 Å². The van der Waals surface area contributed by atoms with Gasteiger partial charge in [0.1, 0.15) is 0 Å². The van der Waals surface area contributed by atoms with E-state index in [0.717, 1.165) is 18.5 Å². The van der Waals surface area contributed by atoms with Crippen LogP contribution in [0.2, 0.25) is 0 Å². The van der Waals surface area contributed by atoms with Crippen LogP contribution in [0.3, 0.4) is 0 Å². The number of nitrogens with two attached hydrogens (primary N) is 1. The second-order valence-corrected chi connectivity index (χ2v) is 1.88. The highest BCUT2D eigenvalue weighted by Gasteiger charge is 1.83. The van der Waals surface area contributed by atoms with E-state index in [4.69, 9.17) is 11.0 Å².